The molecule has 1 aromatic heterocycles. The maximum atomic E-state index is 14.7. The first-order valence-electron chi connectivity index (χ1n) is 12.5. The Morgan fingerprint density at radius 2 is 1.62 bits per heavy atom. The molecule has 0 amide bonds. The predicted octanol–water partition coefficient (Wildman–Crippen LogP) is 8.43. The Morgan fingerprint density at radius 3 is 2.17 bits per heavy atom. The minimum absolute atomic E-state index is 0.0156. The van der Waals surface area contributed by atoms with Crippen LogP contribution in [0.5, 0.6) is 5.75 Å². The number of nitrogens with zero attached hydrogens (tertiary/aromatic N) is 2. The monoisotopic (exact) mass is 646 g/mol. The maximum Gasteiger partial charge on any atom is 0.294 e. The van der Waals surface area contributed by atoms with E-state index in [1.54, 1.807) is 35.0 Å². The van der Waals surface area contributed by atoms with Crippen molar-refractivity contribution in [2.45, 2.75) is 48.9 Å². The number of halogens is 5. The number of thioether (sulfide) groups is 1. The summed E-state index contributed by atoms with van der Waals surface area (Å²) in [6.07, 6.45) is 1.63. The van der Waals surface area contributed by atoms with E-state index in [9.17, 15) is 30.5 Å². The number of aromatic nitrogens is 2. The number of benzene rings is 3. The van der Waals surface area contributed by atoms with E-state index in [-0.39, 0.29) is 22.1 Å². The lowest BCUT2D eigenvalue weighted by molar-refractivity contribution is 0.384. The molecule has 4 rings (SSSR count). The molecule has 42 heavy (non-hydrogen) atoms. The van der Waals surface area contributed by atoms with Gasteiger partial charge in [-0.25, -0.2) is 18.2 Å². The third-order valence-electron chi connectivity index (χ3n) is 6.09. The highest BCUT2D eigenvalue weighted by Crippen LogP contribution is 2.39. The van der Waals surface area contributed by atoms with Gasteiger partial charge in [0.15, 0.2) is 16.7 Å². The number of hydrogen-bond acceptors (Lipinski definition) is 5. The van der Waals surface area contributed by atoms with Gasteiger partial charge in [0.1, 0.15) is 11.6 Å². The van der Waals surface area contributed by atoms with Gasteiger partial charge in [-0.2, -0.15) is 8.42 Å². The molecule has 3 aromatic carbocycles. The summed E-state index contributed by atoms with van der Waals surface area (Å²) in [6.45, 7) is 7.82. The smallest absolute Gasteiger partial charge is 0.294 e. The van der Waals surface area contributed by atoms with Crippen LogP contribution in [0.2, 0.25) is 5.02 Å². The Labute approximate surface area is 252 Å². The highest BCUT2D eigenvalue weighted by atomic mass is 35.5. The average Bonchev–Trinajstić information content (AvgIpc) is 3.39. The van der Waals surface area contributed by atoms with Gasteiger partial charge in [0, 0.05) is 27.4 Å². The summed E-state index contributed by atoms with van der Waals surface area (Å²) in [5.74, 6) is -1.79. The van der Waals surface area contributed by atoms with Crippen LogP contribution in [-0.4, -0.2) is 36.8 Å². The summed E-state index contributed by atoms with van der Waals surface area (Å²) in [7, 11) is -2.76. The molecule has 1 N–H and O–H groups in total. The van der Waals surface area contributed by atoms with Gasteiger partial charge in [-0.3, -0.25) is 13.5 Å². The highest BCUT2D eigenvalue weighted by molar-refractivity contribution is 7.98. The molecule has 0 saturated carbocycles. The zero-order valence-corrected chi connectivity index (χ0v) is 26.1. The molecular formula is C29H31ClF4N2O4S2. The van der Waals surface area contributed by atoms with Crippen molar-refractivity contribution < 1.29 is 35.3 Å². The molecule has 0 radical (unpaired) electrons. The zero-order chi connectivity index (χ0) is 31.8. The maximum absolute atomic E-state index is 14.7. The molecular weight excluding hydrogens is 616 g/mol. The van der Waals surface area contributed by atoms with Crippen LogP contribution in [0.3, 0.4) is 0 Å². The van der Waals surface area contributed by atoms with Gasteiger partial charge < -0.3 is 4.74 Å². The van der Waals surface area contributed by atoms with Gasteiger partial charge in [0.05, 0.1) is 31.1 Å². The van der Waals surface area contributed by atoms with Crippen LogP contribution in [0.1, 0.15) is 44.5 Å². The Bertz CT molecular complexity index is 1590. The topological polar surface area (TPSA) is 81.4 Å². The predicted molar refractivity (Wildman–Crippen MR) is 158 cm³/mol. The summed E-state index contributed by atoms with van der Waals surface area (Å²) in [4.78, 5) is 3.87. The van der Waals surface area contributed by atoms with Gasteiger partial charge in [0.2, 0.25) is 0 Å². The third kappa shape index (κ3) is 7.85. The molecule has 0 unspecified atom stereocenters. The number of methoxy groups -OCH3 is 1. The fourth-order valence-electron chi connectivity index (χ4n) is 3.92. The van der Waals surface area contributed by atoms with Crippen molar-refractivity contribution in [2.24, 2.45) is 0 Å². The molecule has 0 aliphatic heterocycles. The fourth-order valence-corrected chi connectivity index (χ4v) is 5.88. The fraction of sp³-hybridized carbons (Fsp3) is 0.276. The standard InChI is InChI=1S/C26H22ClF3N2O4S2.C2H6.CH3F/c1-26(2,15-4-9-21(29)23(10-15)36-3)24-13-31-25(32(24)17-7-5-16(28)6-8-17)37-14-19-20(27)11-18(12-22(19)30)38(33,34)35;2*1-2/h4-13H,14H2,1-3H3,(H,33,34,35);1-2H3;1H3. The summed E-state index contributed by atoms with van der Waals surface area (Å²) < 4.78 is 91.0. The first-order valence-corrected chi connectivity index (χ1v) is 15.3. The van der Waals surface area contributed by atoms with Crippen LogP contribution >= 0.6 is 23.4 Å². The number of imidazole rings is 1. The van der Waals surface area contributed by atoms with Crippen molar-refractivity contribution >= 4 is 33.5 Å². The van der Waals surface area contributed by atoms with Gasteiger partial charge >= 0.3 is 0 Å². The van der Waals surface area contributed by atoms with Crippen molar-refractivity contribution in [2.75, 3.05) is 14.3 Å². The molecule has 228 valence electrons. The molecule has 0 fully saturated rings. The third-order valence-corrected chi connectivity index (χ3v) is 8.23. The molecule has 13 heteroatoms. The average molecular weight is 647 g/mol. The van der Waals surface area contributed by atoms with Crippen LogP contribution in [-0.2, 0) is 21.3 Å². The number of rotatable bonds is 8. The first-order chi connectivity index (χ1) is 19.8. The molecule has 4 aromatic rings. The normalized spacial score (nSPS) is 11.2. The Morgan fingerprint density at radius 1 is 1.00 bits per heavy atom. The molecule has 1 heterocycles. The minimum atomic E-state index is -4.64. The van der Waals surface area contributed by atoms with Gasteiger partial charge in [-0.05, 0) is 54.1 Å². The van der Waals surface area contributed by atoms with Crippen molar-refractivity contribution in [3.63, 3.8) is 0 Å². The van der Waals surface area contributed by atoms with Crippen molar-refractivity contribution in [1.82, 2.24) is 9.55 Å². The second-order valence-corrected chi connectivity index (χ2v) is 11.6. The van der Waals surface area contributed by atoms with Crippen molar-refractivity contribution in [3.05, 3.63) is 100 Å². The lowest BCUT2D eigenvalue weighted by Gasteiger charge is -2.28. The molecule has 0 atom stereocenters. The first kappa shape index (κ1) is 35.1. The van der Waals surface area contributed by atoms with Crippen LogP contribution in [0, 0.1) is 17.5 Å². The van der Waals surface area contributed by atoms with E-state index in [0.717, 1.165) is 23.4 Å². The number of alkyl halides is 1. The van der Waals surface area contributed by atoms with Gasteiger partial charge in [-0.15, -0.1) is 0 Å². The van der Waals surface area contributed by atoms with Crippen molar-refractivity contribution in [1.29, 1.82) is 0 Å². The molecule has 0 bridgehead atoms. The van der Waals surface area contributed by atoms with E-state index in [4.69, 9.17) is 16.3 Å². The number of ether oxygens (including phenoxy) is 1. The molecule has 0 spiro atoms. The van der Waals surface area contributed by atoms with E-state index < -0.39 is 37.9 Å². The zero-order valence-electron chi connectivity index (χ0n) is 23.8. The Kier molecular flexibility index (Phi) is 12.5. The van der Waals surface area contributed by atoms with Crippen LogP contribution in [0.25, 0.3) is 5.69 Å². The molecule has 0 aliphatic carbocycles. The molecule has 0 saturated heterocycles. The van der Waals surface area contributed by atoms with Crippen LogP contribution in [0.15, 0.2) is 70.8 Å². The lowest BCUT2D eigenvalue weighted by Crippen LogP contribution is -2.23. The van der Waals surface area contributed by atoms with E-state index in [1.807, 2.05) is 27.7 Å². The SMILES string of the molecule is CC.CF.COc1cc(C(C)(C)c2cnc(SCc3c(F)cc(S(=O)(=O)O)cc3Cl)n2-c2ccc(F)cc2)ccc1F. The van der Waals surface area contributed by atoms with Crippen LogP contribution in [0.4, 0.5) is 17.6 Å². The minimum Gasteiger partial charge on any atom is -0.494 e. The summed E-state index contributed by atoms with van der Waals surface area (Å²) in [5, 5.41) is 0.243. The second-order valence-electron chi connectivity index (χ2n) is 8.84. The van der Waals surface area contributed by atoms with Crippen molar-refractivity contribution in [3.8, 4) is 11.4 Å². The summed E-state index contributed by atoms with van der Waals surface area (Å²) >= 11 is 7.26. The largest absolute Gasteiger partial charge is 0.494 e. The van der Waals surface area contributed by atoms with E-state index in [2.05, 4.69) is 4.98 Å². The number of hydrogen-bond donors (Lipinski definition) is 1. The van der Waals surface area contributed by atoms with Crippen LogP contribution < -0.4 is 4.74 Å². The summed E-state index contributed by atoms with van der Waals surface area (Å²) in [5.41, 5.74) is 1.26. The highest BCUT2D eigenvalue weighted by Gasteiger charge is 2.30. The van der Waals surface area contributed by atoms with E-state index in [1.165, 1.54) is 25.3 Å². The molecule has 0 aliphatic rings. The quantitative estimate of drug-likeness (QED) is 0.118. The van der Waals surface area contributed by atoms with Gasteiger partial charge in [0.25, 0.3) is 10.1 Å². The second kappa shape index (κ2) is 14.9. The Balaban J connectivity index is 0.00000148. The van der Waals surface area contributed by atoms with E-state index in [0.29, 0.717) is 29.8 Å². The lowest BCUT2D eigenvalue weighted by atomic mass is 9.81. The Hall–Kier alpha value is -3.06. The molecule has 6 nitrogen and oxygen atoms in total. The summed E-state index contributed by atoms with van der Waals surface area (Å²) in [6, 6.07) is 11.9. The van der Waals surface area contributed by atoms with Gasteiger partial charge in [-0.1, -0.05) is 57.1 Å². The van der Waals surface area contributed by atoms with E-state index >= 15 is 0 Å².